The topological polar surface area (TPSA) is 61.4 Å². The van der Waals surface area contributed by atoms with Gasteiger partial charge in [0.05, 0.1) is 31.6 Å². The van der Waals surface area contributed by atoms with Crippen molar-refractivity contribution in [1.29, 1.82) is 5.26 Å². The van der Waals surface area contributed by atoms with Crippen molar-refractivity contribution in [3.05, 3.63) is 35.6 Å². The van der Waals surface area contributed by atoms with Gasteiger partial charge in [0.2, 0.25) is 0 Å². The summed E-state index contributed by atoms with van der Waals surface area (Å²) in [5.41, 5.74) is 0. The summed E-state index contributed by atoms with van der Waals surface area (Å²) in [5.74, 6) is 4.24. The van der Waals surface area contributed by atoms with E-state index in [2.05, 4.69) is 10.2 Å². The van der Waals surface area contributed by atoms with Crippen LogP contribution >= 0.6 is 11.8 Å². The second kappa shape index (κ2) is 9.34. The molecule has 1 rings (SSSR count). The summed E-state index contributed by atoms with van der Waals surface area (Å²) < 4.78 is 10.7. The number of methoxy groups -OCH3 is 1. The van der Waals surface area contributed by atoms with Crippen LogP contribution in [0, 0.1) is 11.3 Å². The molecule has 0 aliphatic rings. The molecule has 0 atom stereocenters. The summed E-state index contributed by atoms with van der Waals surface area (Å²) in [7, 11) is 5.58. The van der Waals surface area contributed by atoms with Gasteiger partial charge in [0, 0.05) is 12.3 Å². The van der Waals surface area contributed by atoms with E-state index in [1.807, 2.05) is 32.3 Å². The minimum absolute atomic E-state index is 0.499. The summed E-state index contributed by atoms with van der Waals surface area (Å²) in [6, 6.07) is 5.97. The summed E-state index contributed by atoms with van der Waals surface area (Å²) in [6.07, 6.45) is 1.35. The molecule has 0 saturated carbocycles. The lowest BCUT2D eigenvalue weighted by atomic mass is 10.4. The molecule has 0 fully saturated rings. The van der Waals surface area contributed by atoms with Crippen LogP contribution in [-0.2, 0) is 17.0 Å². The number of nitrogens with zero attached hydrogens (tertiary/aromatic N) is 2. The molecule has 5 nitrogen and oxygen atoms in total. The number of furan rings is 1. The molecule has 0 amide bonds. The van der Waals surface area contributed by atoms with Crippen molar-refractivity contribution >= 4 is 11.8 Å². The lowest BCUT2D eigenvalue weighted by Gasteiger charge is -2.07. The first-order chi connectivity index (χ1) is 9.65. The highest BCUT2D eigenvalue weighted by molar-refractivity contribution is 7.98. The van der Waals surface area contributed by atoms with Crippen LogP contribution in [0.15, 0.2) is 28.5 Å². The Labute approximate surface area is 124 Å². The van der Waals surface area contributed by atoms with E-state index < -0.39 is 0 Å². The van der Waals surface area contributed by atoms with Gasteiger partial charge in [-0.1, -0.05) is 0 Å². The third kappa shape index (κ3) is 6.55. The highest BCUT2D eigenvalue weighted by Crippen LogP contribution is 2.15. The highest BCUT2D eigenvalue weighted by Gasteiger charge is 2.03. The number of rotatable bonds is 9. The van der Waals surface area contributed by atoms with E-state index >= 15 is 0 Å². The quantitative estimate of drug-likeness (QED) is 0.428. The van der Waals surface area contributed by atoms with Crippen molar-refractivity contribution in [1.82, 2.24) is 10.2 Å². The minimum Gasteiger partial charge on any atom is -0.482 e. The molecule has 1 heterocycles. The molecule has 0 radical (unpaired) electrons. The average molecular weight is 295 g/mol. The summed E-state index contributed by atoms with van der Waals surface area (Å²) in [4.78, 5) is 2.08. The number of thioether (sulfide) groups is 1. The molecule has 1 aromatic heterocycles. The van der Waals surface area contributed by atoms with Crippen LogP contribution < -0.4 is 5.32 Å². The average Bonchev–Trinajstić information content (AvgIpc) is 2.83. The van der Waals surface area contributed by atoms with Gasteiger partial charge in [0.15, 0.2) is 5.88 Å². The van der Waals surface area contributed by atoms with Gasteiger partial charge in [-0.2, -0.15) is 17.0 Å². The van der Waals surface area contributed by atoms with E-state index in [4.69, 9.17) is 14.4 Å². The predicted molar refractivity (Wildman–Crippen MR) is 81.0 cm³/mol. The van der Waals surface area contributed by atoms with Crippen LogP contribution in [0.3, 0.4) is 0 Å². The van der Waals surface area contributed by atoms with Crippen LogP contribution in [0.1, 0.15) is 11.5 Å². The van der Waals surface area contributed by atoms with Crippen LogP contribution in [0.2, 0.25) is 0 Å². The standard InChI is InChI=1S/C14H21N3O2S/c1-17(2)10-12-4-5-13(19-12)11-20-9-8-16-14(18-3)6-7-15/h4-6,16H,8-11H2,1-3H3/b14-6+. The molecule has 20 heavy (non-hydrogen) atoms. The fraction of sp³-hybridized carbons (Fsp3) is 0.500. The summed E-state index contributed by atoms with van der Waals surface area (Å²) in [5, 5.41) is 11.6. The molecule has 0 unspecified atom stereocenters. The number of nitrogens with one attached hydrogen (secondary N) is 1. The normalized spacial score (nSPS) is 11.4. The van der Waals surface area contributed by atoms with Crippen LogP contribution in [0.5, 0.6) is 0 Å². The summed E-state index contributed by atoms with van der Waals surface area (Å²) >= 11 is 1.77. The zero-order valence-electron chi connectivity index (χ0n) is 12.2. The van der Waals surface area contributed by atoms with E-state index in [0.717, 1.165) is 36.1 Å². The number of allylic oxidation sites excluding steroid dienone is 1. The van der Waals surface area contributed by atoms with E-state index in [1.54, 1.807) is 18.9 Å². The third-order valence-electron chi connectivity index (χ3n) is 2.39. The lowest BCUT2D eigenvalue weighted by Crippen LogP contribution is -2.17. The zero-order chi connectivity index (χ0) is 14.8. The van der Waals surface area contributed by atoms with Gasteiger partial charge in [0.25, 0.3) is 0 Å². The van der Waals surface area contributed by atoms with Crippen molar-refractivity contribution in [2.75, 3.05) is 33.5 Å². The van der Waals surface area contributed by atoms with Crippen LogP contribution in [0.25, 0.3) is 0 Å². The molecular formula is C14H21N3O2S. The minimum atomic E-state index is 0.499. The summed E-state index contributed by atoms with van der Waals surface area (Å²) in [6.45, 7) is 1.57. The molecule has 0 spiro atoms. The van der Waals surface area contributed by atoms with Crippen molar-refractivity contribution < 1.29 is 9.15 Å². The van der Waals surface area contributed by atoms with E-state index in [-0.39, 0.29) is 0 Å². The van der Waals surface area contributed by atoms with E-state index in [9.17, 15) is 0 Å². The number of nitriles is 1. The van der Waals surface area contributed by atoms with Crippen molar-refractivity contribution in [2.45, 2.75) is 12.3 Å². The monoisotopic (exact) mass is 295 g/mol. The van der Waals surface area contributed by atoms with Crippen molar-refractivity contribution in [3.63, 3.8) is 0 Å². The Morgan fingerprint density at radius 2 is 2.25 bits per heavy atom. The van der Waals surface area contributed by atoms with Gasteiger partial charge in [-0.15, -0.1) is 0 Å². The van der Waals surface area contributed by atoms with Crippen molar-refractivity contribution in [3.8, 4) is 6.07 Å². The highest BCUT2D eigenvalue weighted by atomic mass is 32.2. The lowest BCUT2D eigenvalue weighted by molar-refractivity contribution is 0.264. The molecule has 6 heteroatoms. The largest absolute Gasteiger partial charge is 0.482 e. The fourth-order valence-electron chi connectivity index (χ4n) is 1.56. The van der Waals surface area contributed by atoms with Gasteiger partial charge in [0.1, 0.15) is 11.5 Å². The first-order valence-electron chi connectivity index (χ1n) is 6.33. The van der Waals surface area contributed by atoms with Gasteiger partial charge in [-0.25, -0.2) is 0 Å². The van der Waals surface area contributed by atoms with Gasteiger partial charge in [-0.3, -0.25) is 0 Å². The van der Waals surface area contributed by atoms with Crippen molar-refractivity contribution in [2.24, 2.45) is 0 Å². The molecule has 110 valence electrons. The molecule has 0 aliphatic heterocycles. The van der Waals surface area contributed by atoms with Crippen LogP contribution in [0.4, 0.5) is 0 Å². The smallest absolute Gasteiger partial charge is 0.197 e. The Bertz CT molecular complexity index is 463. The maximum absolute atomic E-state index is 8.52. The molecule has 1 N–H and O–H groups in total. The maximum atomic E-state index is 8.52. The molecular weight excluding hydrogens is 274 g/mol. The Morgan fingerprint density at radius 1 is 1.50 bits per heavy atom. The third-order valence-corrected chi connectivity index (χ3v) is 3.38. The molecule has 0 saturated heterocycles. The first-order valence-corrected chi connectivity index (χ1v) is 7.49. The van der Waals surface area contributed by atoms with Gasteiger partial charge >= 0.3 is 0 Å². The predicted octanol–water partition coefficient (Wildman–Crippen LogP) is 2.18. The Balaban J connectivity index is 2.20. The van der Waals surface area contributed by atoms with Crippen LogP contribution in [-0.4, -0.2) is 38.4 Å². The number of hydrogen-bond acceptors (Lipinski definition) is 6. The Hall–Kier alpha value is -1.58. The van der Waals surface area contributed by atoms with Gasteiger partial charge in [-0.05, 0) is 26.2 Å². The van der Waals surface area contributed by atoms with Gasteiger partial charge < -0.3 is 19.4 Å². The second-order valence-electron chi connectivity index (χ2n) is 4.43. The molecule has 0 bridgehead atoms. The number of ether oxygens (including phenoxy) is 1. The maximum Gasteiger partial charge on any atom is 0.197 e. The second-order valence-corrected chi connectivity index (χ2v) is 5.53. The molecule has 1 aromatic rings. The number of hydrogen-bond donors (Lipinski definition) is 1. The SMILES string of the molecule is CO/C(=C/C#N)NCCSCc1ccc(CN(C)C)o1. The fourth-order valence-corrected chi connectivity index (χ4v) is 2.30. The molecule has 0 aromatic carbocycles. The first kappa shape index (κ1) is 16.5. The van der Waals surface area contributed by atoms with E-state index in [0.29, 0.717) is 5.88 Å². The Kier molecular flexibility index (Phi) is 7.70. The Morgan fingerprint density at radius 3 is 2.90 bits per heavy atom. The van der Waals surface area contributed by atoms with E-state index in [1.165, 1.54) is 6.08 Å². The molecule has 0 aliphatic carbocycles. The zero-order valence-corrected chi connectivity index (χ0v) is 13.0.